The number of ether oxygens (including phenoxy) is 1. The summed E-state index contributed by atoms with van der Waals surface area (Å²) in [4.78, 5) is 28.7. The van der Waals surface area contributed by atoms with E-state index in [1.807, 2.05) is 80.6 Å². The van der Waals surface area contributed by atoms with Crippen LogP contribution in [-0.4, -0.2) is 18.0 Å². The first-order chi connectivity index (χ1) is 17.0. The minimum absolute atomic E-state index is 0.0819. The molecular formula is C28H25N3O4. The third kappa shape index (κ3) is 6.68. The molecule has 176 valence electrons. The number of amides is 2. The van der Waals surface area contributed by atoms with Crippen LogP contribution in [0.5, 0.6) is 11.5 Å². The van der Waals surface area contributed by atoms with Crippen molar-refractivity contribution in [3.05, 3.63) is 108 Å². The fourth-order valence-electron chi connectivity index (χ4n) is 3.18. The molecule has 0 saturated carbocycles. The Morgan fingerprint density at radius 1 is 0.857 bits per heavy atom. The highest BCUT2D eigenvalue weighted by Gasteiger charge is 2.14. The van der Waals surface area contributed by atoms with Crippen molar-refractivity contribution >= 4 is 29.4 Å². The molecule has 4 rings (SSSR count). The zero-order chi connectivity index (χ0) is 24.6. The zero-order valence-electron chi connectivity index (χ0n) is 19.4. The largest absolute Gasteiger partial charge is 0.458 e. The topological polar surface area (TPSA) is 92.9 Å². The van der Waals surface area contributed by atoms with E-state index >= 15 is 0 Å². The average Bonchev–Trinajstić information content (AvgIpc) is 3.33. The van der Waals surface area contributed by atoms with Crippen molar-refractivity contribution in [2.45, 2.75) is 20.4 Å². The molecule has 0 radical (unpaired) electrons. The molecule has 0 spiro atoms. The Labute approximate surface area is 203 Å². The van der Waals surface area contributed by atoms with Crippen molar-refractivity contribution in [2.24, 2.45) is 4.99 Å². The average molecular weight is 468 g/mol. The van der Waals surface area contributed by atoms with Crippen LogP contribution >= 0.6 is 0 Å². The predicted molar refractivity (Wildman–Crippen MR) is 135 cm³/mol. The molecule has 0 saturated heterocycles. The van der Waals surface area contributed by atoms with Crippen LogP contribution in [0.25, 0.3) is 0 Å². The number of furan rings is 1. The molecule has 35 heavy (non-hydrogen) atoms. The van der Waals surface area contributed by atoms with E-state index < -0.39 is 11.8 Å². The number of nitrogens with one attached hydrogen (secondary N) is 2. The van der Waals surface area contributed by atoms with E-state index in [-0.39, 0.29) is 6.54 Å². The molecule has 3 aromatic carbocycles. The molecule has 7 nitrogen and oxygen atoms in total. The number of anilines is 1. The van der Waals surface area contributed by atoms with Crippen molar-refractivity contribution in [2.75, 3.05) is 5.32 Å². The van der Waals surface area contributed by atoms with Gasteiger partial charge in [0.2, 0.25) is 0 Å². The van der Waals surface area contributed by atoms with Crippen LogP contribution in [0.2, 0.25) is 0 Å². The molecule has 4 aromatic rings. The number of hydrogen-bond donors (Lipinski definition) is 2. The molecule has 0 atom stereocenters. The fraction of sp³-hybridized carbons (Fsp3) is 0.107. The monoisotopic (exact) mass is 467 g/mol. The number of nitrogens with zero attached hydrogens (tertiary/aromatic N) is 1. The first-order valence-corrected chi connectivity index (χ1v) is 11.1. The molecule has 2 amide bonds. The van der Waals surface area contributed by atoms with E-state index in [9.17, 15) is 9.59 Å². The van der Waals surface area contributed by atoms with Gasteiger partial charge in [-0.2, -0.15) is 0 Å². The smallest absolute Gasteiger partial charge is 0.313 e. The summed E-state index contributed by atoms with van der Waals surface area (Å²) in [6, 6.07) is 25.8. The highest BCUT2D eigenvalue weighted by Crippen LogP contribution is 2.23. The van der Waals surface area contributed by atoms with Crippen LogP contribution in [0, 0.1) is 13.8 Å². The number of hydrogen-bond acceptors (Lipinski definition) is 5. The molecule has 1 aromatic heterocycles. The van der Waals surface area contributed by atoms with E-state index in [2.05, 4.69) is 15.6 Å². The predicted octanol–water partition coefficient (Wildman–Crippen LogP) is 5.69. The Kier molecular flexibility index (Phi) is 7.37. The first-order valence-electron chi connectivity index (χ1n) is 11.1. The number of carbonyl (C=O) groups excluding carboxylic acids is 2. The number of benzene rings is 3. The Hall–Kier alpha value is -4.65. The van der Waals surface area contributed by atoms with Crippen LogP contribution in [0.4, 0.5) is 11.4 Å². The van der Waals surface area contributed by atoms with Crippen LogP contribution in [0.15, 0.2) is 94.3 Å². The summed E-state index contributed by atoms with van der Waals surface area (Å²) in [6.45, 7) is 4.00. The molecular weight excluding hydrogens is 442 g/mol. The summed E-state index contributed by atoms with van der Waals surface area (Å²) in [5, 5.41) is 5.15. The van der Waals surface area contributed by atoms with Gasteiger partial charge in [0.05, 0.1) is 18.4 Å². The van der Waals surface area contributed by atoms with Crippen molar-refractivity contribution in [3.63, 3.8) is 0 Å². The van der Waals surface area contributed by atoms with Gasteiger partial charge in [0.25, 0.3) is 0 Å². The quantitative estimate of drug-likeness (QED) is 0.270. The first kappa shape index (κ1) is 23.5. The summed E-state index contributed by atoms with van der Waals surface area (Å²) in [5.41, 5.74) is 3.45. The van der Waals surface area contributed by atoms with E-state index in [0.29, 0.717) is 23.0 Å². The Morgan fingerprint density at radius 3 is 2.34 bits per heavy atom. The zero-order valence-corrected chi connectivity index (χ0v) is 19.4. The van der Waals surface area contributed by atoms with E-state index in [1.54, 1.807) is 24.4 Å². The normalized spacial score (nSPS) is 10.8. The lowest BCUT2D eigenvalue weighted by molar-refractivity contribution is -0.136. The SMILES string of the molecule is Cc1ccc(NC(=O)C(=O)NCc2ccc(C=Nc3ccc(Oc4ccccc4)cc3)o2)cc1C. The summed E-state index contributed by atoms with van der Waals surface area (Å²) >= 11 is 0. The lowest BCUT2D eigenvalue weighted by Crippen LogP contribution is -2.34. The highest BCUT2D eigenvalue weighted by molar-refractivity contribution is 6.39. The van der Waals surface area contributed by atoms with E-state index in [0.717, 1.165) is 22.6 Å². The molecule has 0 bridgehead atoms. The van der Waals surface area contributed by atoms with Gasteiger partial charge in [-0.25, -0.2) is 0 Å². The molecule has 0 fully saturated rings. The summed E-state index contributed by atoms with van der Waals surface area (Å²) < 4.78 is 11.4. The maximum atomic E-state index is 12.1. The second kappa shape index (κ2) is 11.0. The maximum absolute atomic E-state index is 12.1. The van der Waals surface area contributed by atoms with Crippen LogP contribution in [-0.2, 0) is 16.1 Å². The number of para-hydroxylation sites is 1. The minimum atomic E-state index is -0.743. The fourth-order valence-corrected chi connectivity index (χ4v) is 3.18. The van der Waals surface area contributed by atoms with Gasteiger partial charge < -0.3 is 19.8 Å². The Balaban J connectivity index is 1.26. The molecule has 7 heteroatoms. The van der Waals surface area contributed by atoms with Gasteiger partial charge in [0.1, 0.15) is 23.0 Å². The van der Waals surface area contributed by atoms with E-state index in [4.69, 9.17) is 9.15 Å². The van der Waals surface area contributed by atoms with Gasteiger partial charge in [0.15, 0.2) is 0 Å². The number of aryl methyl sites for hydroxylation is 2. The molecule has 0 aliphatic heterocycles. The molecule has 1 heterocycles. The molecule has 2 N–H and O–H groups in total. The lowest BCUT2D eigenvalue weighted by Gasteiger charge is -2.07. The minimum Gasteiger partial charge on any atom is -0.458 e. The van der Waals surface area contributed by atoms with Gasteiger partial charge >= 0.3 is 11.8 Å². The summed E-state index contributed by atoms with van der Waals surface area (Å²) in [7, 11) is 0. The van der Waals surface area contributed by atoms with Crippen LogP contribution in [0.1, 0.15) is 22.6 Å². The number of aliphatic imine (C=N–C) groups is 1. The Bertz CT molecular complexity index is 1340. The Morgan fingerprint density at radius 2 is 1.60 bits per heavy atom. The number of carbonyl (C=O) groups is 2. The van der Waals surface area contributed by atoms with Crippen molar-refractivity contribution in [1.82, 2.24) is 5.32 Å². The van der Waals surface area contributed by atoms with Gasteiger partial charge in [-0.3, -0.25) is 14.6 Å². The van der Waals surface area contributed by atoms with Crippen molar-refractivity contribution in [1.29, 1.82) is 0 Å². The third-order valence-electron chi connectivity index (χ3n) is 5.23. The standard InChI is InChI=1S/C28H25N3O4/c1-19-8-9-22(16-20(19)2)31-28(33)27(32)30-18-26-15-14-25(35-26)17-29-21-10-12-24(13-11-21)34-23-6-4-3-5-7-23/h3-17H,18H2,1-2H3,(H,30,32)(H,31,33). The third-order valence-corrected chi connectivity index (χ3v) is 5.23. The lowest BCUT2D eigenvalue weighted by atomic mass is 10.1. The summed E-state index contributed by atoms with van der Waals surface area (Å²) in [5.74, 6) is 1.03. The maximum Gasteiger partial charge on any atom is 0.313 e. The highest BCUT2D eigenvalue weighted by atomic mass is 16.5. The van der Waals surface area contributed by atoms with Crippen molar-refractivity contribution in [3.8, 4) is 11.5 Å². The van der Waals surface area contributed by atoms with E-state index in [1.165, 1.54) is 0 Å². The molecule has 0 aliphatic rings. The number of rotatable bonds is 7. The van der Waals surface area contributed by atoms with Gasteiger partial charge in [0, 0.05) is 5.69 Å². The van der Waals surface area contributed by atoms with Gasteiger partial charge in [-0.1, -0.05) is 24.3 Å². The van der Waals surface area contributed by atoms with Crippen molar-refractivity contribution < 1.29 is 18.7 Å². The van der Waals surface area contributed by atoms with Crippen LogP contribution in [0.3, 0.4) is 0 Å². The van der Waals surface area contributed by atoms with Gasteiger partial charge in [-0.15, -0.1) is 0 Å². The summed E-state index contributed by atoms with van der Waals surface area (Å²) in [6.07, 6.45) is 1.59. The second-order valence-corrected chi connectivity index (χ2v) is 7.91. The molecule has 0 aliphatic carbocycles. The van der Waals surface area contributed by atoms with Gasteiger partial charge in [-0.05, 0) is 85.6 Å². The molecule has 0 unspecified atom stereocenters. The van der Waals surface area contributed by atoms with Crippen LogP contribution < -0.4 is 15.4 Å². The second-order valence-electron chi connectivity index (χ2n) is 7.91.